The van der Waals surface area contributed by atoms with E-state index in [4.69, 9.17) is 0 Å². The van der Waals surface area contributed by atoms with Gasteiger partial charge in [0.1, 0.15) is 0 Å². The van der Waals surface area contributed by atoms with Crippen LogP contribution in [0.1, 0.15) is 51.4 Å². The summed E-state index contributed by atoms with van der Waals surface area (Å²) in [5.74, 6) is 0.540. The largest absolute Gasteiger partial charge is 0.391 e. The van der Waals surface area contributed by atoms with Crippen LogP contribution in [0.2, 0.25) is 0 Å². The van der Waals surface area contributed by atoms with Crippen molar-refractivity contribution < 1.29 is 13.2 Å². The molecule has 5 unspecified atom stereocenters. The van der Waals surface area contributed by atoms with E-state index in [0.29, 0.717) is 18.9 Å². The number of nitrogens with one attached hydrogen (secondary N) is 1. The van der Waals surface area contributed by atoms with Crippen molar-refractivity contribution in [2.45, 2.75) is 69.6 Å². The molecule has 3 aliphatic carbocycles. The molecule has 0 spiro atoms. The van der Waals surface area contributed by atoms with Crippen LogP contribution in [0.3, 0.4) is 0 Å². The quantitative estimate of drug-likeness (QED) is 0.795. The molecule has 2 bridgehead atoms. The van der Waals surface area contributed by atoms with Gasteiger partial charge in [0.2, 0.25) is 0 Å². The zero-order valence-electron chi connectivity index (χ0n) is 10.7. The third kappa shape index (κ3) is 2.54. The van der Waals surface area contributed by atoms with Gasteiger partial charge >= 0.3 is 6.18 Å². The van der Waals surface area contributed by atoms with Crippen LogP contribution in [0.15, 0.2) is 0 Å². The minimum atomic E-state index is -3.99. The smallest absolute Gasteiger partial charge is 0.311 e. The Hall–Kier alpha value is -0.250. The molecule has 3 saturated carbocycles. The molecular formula is C14H22F3N. The predicted octanol–water partition coefficient (Wildman–Crippen LogP) is 3.89. The van der Waals surface area contributed by atoms with Gasteiger partial charge in [0, 0.05) is 12.1 Å². The Morgan fingerprint density at radius 1 is 0.889 bits per heavy atom. The highest BCUT2D eigenvalue weighted by atomic mass is 19.4. The Kier molecular flexibility index (Phi) is 3.33. The van der Waals surface area contributed by atoms with Crippen molar-refractivity contribution in [2.24, 2.45) is 17.8 Å². The number of alkyl halides is 3. The van der Waals surface area contributed by atoms with Crippen LogP contribution < -0.4 is 5.32 Å². The van der Waals surface area contributed by atoms with Crippen molar-refractivity contribution in [2.75, 3.05) is 0 Å². The topological polar surface area (TPSA) is 12.0 Å². The second-order valence-electron chi connectivity index (χ2n) is 6.55. The molecule has 0 aromatic heterocycles. The average Bonchev–Trinajstić information content (AvgIpc) is 2.90. The van der Waals surface area contributed by atoms with Gasteiger partial charge in [-0.15, -0.1) is 0 Å². The van der Waals surface area contributed by atoms with Crippen LogP contribution >= 0.6 is 0 Å². The Morgan fingerprint density at radius 3 is 2.33 bits per heavy atom. The van der Waals surface area contributed by atoms with Gasteiger partial charge in [0.25, 0.3) is 0 Å². The molecule has 0 saturated heterocycles. The van der Waals surface area contributed by atoms with E-state index in [0.717, 1.165) is 24.7 Å². The maximum atomic E-state index is 12.8. The van der Waals surface area contributed by atoms with E-state index in [-0.39, 0.29) is 6.04 Å². The summed E-state index contributed by atoms with van der Waals surface area (Å²) in [6.45, 7) is 0. The van der Waals surface area contributed by atoms with Crippen LogP contribution in [0, 0.1) is 17.8 Å². The minimum absolute atomic E-state index is 0.106. The summed E-state index contributed by atoms with van der Waals surface area (Å²) in [7, 11) is 0. The molecule has 0 heterocycles. The lowest BCUT2D eigenvalue weighted by atomic mass is 9.84. The standard InChI is InChI=1S/C14H22F3N/c15-14(16,17)11-2-1-3-12(8-11)18-13-7-9-4-5-10(13)6-9/h9-13,18H,1-8H2. The second-order valence-corrected chi connectivity index (χ2v) is 6.55. The summed E-state index contributed by atoms with van der Waals surface area (Å²) in [5.41, 5.74) is 0. The van der Waals surface area contributed by atoms with E-state index in [1.165, 1.54) is 25.7 Å². The molecule has 3 fully saturated rings. The van der Waals surface area contributed by atoms with Crippen LogP contribution in [0.4, 0.5) is 13.2 Å². The first kappa shape index (κ1) is 12.8. The Balaban J connectivity index is 1.54. The molecule has 0 aliphatic heterocycles. The van der Waals surface area contributed by atoms with Crippen molar-refractivity contribution in [1.82, 2.24) is 5.32 Å². The highest BCUT2D eigenvalue weighted by molar-refractivity contribution is 4.96. The average molecular weight is 261 g/mol. The first-order valence-corrected chi connectivity index (χ1v) is 7.35. The molecule has 1 N–H and O–H groups in total. The number of hydrogen-bond donors (Lipinski definition) is 1. The molecule has 4 heteroatoms. The molecule has 1 nitrogen and oxygen atoms in total. The molecule has 0 aromatic carbocycles. The van der Waals surface area contributed by atoms with Gasteiger partial charge in [-0.05, 0) is 50.4 Å². The van der Waals surface area contributed by atoms with Crippen molar-refractivity contribution in [3.63, 3.8) is 0 Å². The minimum Gasteiger partial charge on any atom is -0.311 e. The summed E-state index contributed by atoms with van der Waals surface area (Å²) in [4.78, 5) is 0. The Labute approximate surface area is 107 Å². The molecule has 18 heavy (non-hydrogen) atoms. The lowest BCUT2D eigenvalue weighted by molar-refractivity contribution is -0.184. The lowest BCUT2D eigenvalue weighted by Crippen LogP contribution is -2.45. The fourth-order valence-corrected chi connectivity index (χ4v) is 4.39. The number of rotatable bonds is 2. The predicted molar refractivity (Wildman–Crippen MR) is 64.2 cm³/mol. The SMILES string of the molecule is FC(F)(F)C1CCCC(NC2CC3CCC2C3)C1. The third-order valence-electron chi connectivity index (χ3n) is 5.32. The molecule has 104 valence electrons. The highest BCUT2D eigenvalue weighted by Crippen LogP contribution is 2.45. The molecule has 5 atom stereocenters. The van der Waals surface area contributed by atoms with Crippen molar-refractivity contribution in [1.29, 1.82) is 0 Å². The van der Waals surface area contributed by atoms with Crippen LogP contribution in [-0.2, 0) is 0 Å². The number of hydrogen-bond acceptors (Lipinski definition) is 1. The third-order valence-corrected chi connectivity index (χ3v) is 5.32. The zero-order chi connectivity index (χ0) is 12.8. The van der Waals surface area contributed by atoms with Crippen LogP contribution in [0.25, 0.3) is 0 Å². The molecule has 0 amide bonds. The van der Waals surface area contributed by atoms with Gasteiger partial charge in [-0.3, -0.25) is 0 Å². The lowest BCUT2D eigenvalue weighted by Gasteiger charge is -2.35. The van der Waals surface area contributed by atoms with E-state index >= 15 is 0 Å². The van der Waals surface area contributed by atoms with E-state index in [9.17, 15) is 13.2 Å². The van der Waals surface area contributed by atoms with Gasteiger partial charge in [-0.2, -0.15) is 13.2 Å². The zero-order valence-corrected chi connectivity index (χ0v) is 10.7. The van der Waals surface area contributed by atoms with Gasteiger partial charge in [-0.1, -0.05) is 12.8 Å². The number of halogens is 3. The Bertz CT molecular complexity index is 302. The maximum Gasteiger partial charge on any atom is 0.391 e. The van der Waals surface area contributed by atoms with E-state index in [1.54, 1.807) is 0 Å². The normalized spacial score (nSPS) is 44.5. The van der Waals surface area contributed by atoms with Gasteiger partial charge in [0.15, 0.2) is 0 Å². The van der Waals surface area contributed by atoms with Crippen LogP contribution in [-0.4, -0.2) is 18.3 Å². The first-order chi connectivity index (χ1) is 8.52. The molecular weight excluding hydrogens is 239 g/mol. The van der Waals surface area contributed by atoms with Gasteiger partial charge < -0.3 is 5.32 Å². The second kappa shape index (κ2) is 4.69. The fraction of sp³-hybridized carbons (Fsp3) is 1.00. The summed E-state index contributed by atoms with van der Waals surface area (Å²) < 4.78 is 38.3. The maximum absolute atomic E-state index is 12.8. The van der Waals surface area contributed by atoms with E-state index < -0.39 is 12.1 Å². The van der Waals surface area contributed by atoms with E-state index in [2.05, 4.69) is 5.32 Å². The van der Waals surface area contributed by atoms with Crippen molar-refractivity contribution >= 4 is 0 Å². The van der Waals surface area contributed by atoms with Crippen LogP contribution in [0.5, 0.6) is 0 Å². The Morgan fingerprint density at radius 2 is 1.72 bits per heavy atom. The number of fused-ring (bicyclic) bond motifs is 2. The van der Waals surface area contributed by atoms with Crippen molar-refractivity contribution in [3.05, 3.63) is 0 Å². The molecule has 3 rings (SSSR count). The summed E-state index contributed by atoms with van der Waals surface area (Å²) >= 11 is 0. The highest BCUT2D eigenvalue weighted by Gasteiger charge is 2.44. The van der Waals surface area contributed by atoms with Crippen molar-refractivity contribution in [3.8, 4) is 0 Å². The van der Waals surface area contributed by atoms with Gasteiger partial charge in [0.05, 0.1) is 5.92 Å². The van der Waals surface area contributed by atoms with E-state index in [1.807, 2.05) is 0 Å². The van der Waals surface area contributed by atoms with Gasteiger partial charge in [-0.25, -0.2) is 0 Å². The fourth-order valence-electron chi connectivity index (χ4n) is 4.39. The monoisotopic (exact) mass is 261 g/mol. The molecule has 0 aromatic rings. The summed E-state index contributed by atoms with van der Waals surface area (Å²) in [5, 5.41) is 3.55. The first-order valence-electron chi connectivity index (χ1n) is 7.35. The molecule has 0 radical (unpaired) electrons. The summed E-state index contributed by atoms with van der Waals surface area (Å²) in [6.07, 6.45) is 3.45. The molecule has 3 aliphatic rings. The summed E-state index contributed by atoms with van der Waals surface area (Å²) in [6, 6.07) is 0.621.